The topological polar surface area (TPSA) is 34.3 Å². The third-order valence-corrected chi connectivity index (χ3v) is 7.66. The number of ketones is 1. The van der Waals surface area contributed by atoms with Crippen molar-refractivity contribution in [1.29, 1.82) is 0 Å². The van der Waals surface area contributed by atoms with E-state index in [4.69, 9.17) is 11.6 Å². The summed E-state index contributed by atoms with van der Waals surface area (Å²) in [4.78, 5) is 22.7. The summed E-state index contributed by atoms with van der Waals surface area (Å²) < 4.78 is 0. The zero-order valence-corrected chi connectivity index (χ0v) is 18.6. The maximum Gasteiger partial charge on any atom is 0.154 e. The average Bonchev–Trinajstić information content (AvgIpc) is 3.46. The molecule has 1 radical (unpaired) electrons. The molecule has 3 aliphatic rings. The normalized spacial score (nSPS) is 21.0. The van der Waals surface area contributed by atoms with Gasteiger partial charge in [0.2, 0.25) is 0 Å². The standard InChI is InChI=1S/C25H21N2O.Ir/c1-26-20-14-18-21-19(15-27-22(18)17-9-3-2-8-16(17)20)24(10-4-5-11-24)23(28)25(21)12-6-7-13-25;/h2-3,8,14-15H,4-7,10-13H2;/q-1;. The summed E-state index contributed by atoms with van der Waals surface area (Å²) in [5.74, 6) is 0.459. The maximum absolute atomic E-state index is 14.0. The minimum absolute atomic E-state index is 0. The molecule has 0 N–H and O–H groups in total. The number of pyridine rings is 1. The van der Waals surface area contributed by atoms with Crippen molar-refractivity contribution in [3.05, 3.63) is 59.1 Å². The third kappa shape index (κ3) is 2.21. The van der Waals surface area contributed by atoms with Crippen LogP contribution in [0.2, 0.25) is 0 Å². The van der Waals surface area contributed by atoms with Gasteiger partial charge >= 0.3 is 0 Å². The van der Waals surface area contributed by atoms with Crippen molar-refractivity contribution in [2.24, 2.45) is 0 Å². The summed E-state index contributed by atoms with van der Waals surface area (Å²) in [6.45, 7) is 7.72. The van der Waals surface area contributed by atoms with Gasteiger partial charge in [-0.05, 0) is 47.7 Å². The molecule has 0 aliphatic heterocycles. The van der Waals surface area contributed by atoms with Gasteiger partial charge in [-0.1, -0.05) is 31.7 Å². The van der Waals surface area contributed by atoms with Crippen LogP contribution in [0.3, 0.4) is 0 Å². The number of hydrogen-bond acceptors (Lipinski definition) is 2. The van der Waals surface area contributed by atoms with Crippen LogP contribution in [0, 0.1) is 12.6 Å². The Balaban J connectivity index is 0.00000181. The molecule has 0 bridgehead atoms. The van der Waals surface area contributed by atoms with Crippen LogP contribution < -0.4 is 0 Å². The molecule has 0 atom stereocenters. The number of carbonyl (C=O) groups is 1. The second kappa shape index (κ2) is 6.46. The predicted octanol–water partition coefficient (Wildman–Crippen LogP) is 5.94. The second-order valence-electron chi connectivity index (χ2n) is 8.82. The van der Waals surface area contributed by atoms with Crippen molar-refractivity contribution < 1.29 is 24.9 Å². The molecule has 147 valence electrons. The minimum Gasteiger partial charge on any atom is -0.304 e. The molecule has 4 heteroatoms. The molecule has 2 spiro atoms. The van der Waals surface area contributed by atoms with Crippen molar-refractivity contribution in [3.63, 3.8) is 0 Å². The van der Waals surface area contributed by atoms with E-state index in [9.17, 15) is 4.79 Å². The Morgan fingerprint density at radius 1 is 1.03 bits per heavy atom. The molecule has 6 rings (SSSR count). The van der Waals surface area contributed by atoms with E-state index in [2.05, 4.69) is 10.9 Å². The molecule has 1 aromatic heterocycles. The molecular formula is C25H21IrN2O-. The fourth-order valence-electron chi connectivity index (χ4n) is 6.52. The number of aromatic nitrogens is 1. The number of Topliss-reactive ketones (excluding diaryl/α,β-unsaturated/α-hetero) is 1. The Labute approximate surface area is 184 Å². The van der Waals surface area contributed by atoms with E-state index in [0.717, 1.165) is 73.0 Å². The van der Waals surface area contributed by atoms with Crippen molar-refractivity contribution in [2.45, 2.75) is 62.2 Å². The number of hydrogen-bond donors (Lipinski definition) is 0. The number of rotatable bonds is 0. The molecule has 0 saturated heterocycles. The predicted molar refractivity (Wildman–Crippen MR) is 110 cm³/mol. The number of carbonyl (C=O) groups excluding carboxylic acids is 1. The van der Waals surface area contributed by atoms with Crippen molar-refractivity contribution in [2.75, 3.05) is 0 Å². The van der Waals surface area contributed by atoms with Gasteiger partial charge in [0, 0.05) is 26.3 Å². The summed E-state index contributed by atoms with van der Waals surface area (Å²) in [5, 5.41) is 2.83. The van der Waals surface area contributed by atoms with Crippen molar-refractivity contribution in [3.8, 4) is 0 Å². The van der Waals surface area contributed by atoms with Gasteiger partial charge < -0.3 is 4.98 Å². The Morgan fingerprint density at radius 2 is 1.72 bits per heavy atom. The molecule has 2 saturated carbocycles. The van der Waals surface area contributed by atoms with Crippen LogP contribution in [0.25, 0.3) is 26.5 Å². The van der Waals surface area contributed by atoms with Crippen molar-refractivity contribution in [1.82, 2.24) is 4.98 Å². The molecule has 0 unspecified atom stereocenters. The van der Waals surface area contributed by atoms with Gasteiger partial charge in [-0.3, -0.25) is 4.79 Å². The first-order valence-corrected chi connectivity index (χ1v) is 10.4. The fraction of sp³-hybridized carbons (Fsp3) is 0.400. The first-order chi connectivity index (χ1) is 13.7. The molecule has 0 amide bonds. The van der Waals surface area contributed by atoms with E-state index < -0.39 is 0 Å². The SMILES string of the molecule is [C-]#[N+]c1cc2c3c(cnc2c2[c-]cccc12)C1(CCCC1)C(=O)C31CCCC1.[Ir]. The van der Waals surface area contributed by atoms with Crippen LogP contribution in [-0.4, -0.2) is 10.8 Å². The Hall–Kier alpha value is -2.08. The molecule has 29 heavy (non-hydrogen) atoms. The van der Waals surface area contributed by atoms with Gasteiger partial charge in [0.25, 0.3) is 0 Å². The maximum atomic E-state index is 14.0. The van der Waals surface area contributed by atoms with Gasteiger partial charge in [0.05, 0.1) is 17.4 Å². The molecule has 3 nitrogen and oxygen atoms in total. The first-order valence-electron chi connectivity index (χ1n) is 10.4. The van der Waals surface area contributed by atoms with Crippen LogP contribution in [0.4, 0.5) is 5.69 Å². The number of benzene rings is 2. The van der Waals surface area contributed by atoms with E-state index in [1.807, 2.05) is 30.5 Å². The van der Waals surface area contributed by atoms with Gasteiger partial charge in [-0.25, -0.2) is 4.85 Å². The summed E-state index contributed by atoms with van der Waals surface area (Å²) >= 11 is 0. The fourth-order valence-corrected chi connectivity index (χ4v) is 6.52. The minimum atomic E-state index is -0.359. The van der Waals surface area contributed by atoms with Crippen LogP contribution in [0.1, 0.15) is 62.5 Å². The molecule has 3 aromatic rings. The van der Waals surface area contributed by atoms with Crippen LogP contribution >= 0.6 is 0 Å². The van der Waals surface area contributed by atoms with Crippen LogP contribution in [-0.2, 0) is 35.7 Å². The summed E-state index contributed by atoms with van der Waals surface area (Å²) in [6, 6.07) is 11.1. The van der Waals surface area contributed by atoms with E-state index >= 15 is 0 Å². The Morgan fingerprint density at radius 3 is 2.41 bits per heavy atom. The third-order valence-electron chi connectivity index (χ3n) is 7.66. The van der Waals surface area contributed by atoms with E-state index in [0.29, 0.717) is 11.5 Å². The summed E-state index contributed by atoms with van der Waals surface area (Å²) in [7, 11) is 0. The summed E-state index contributed by atoms with van der Waals surface area (Å²) in [6.07, 6.45) is 10.3. The quantitative estimate of drug-likeness (QED) is 0.253. The Kier molecular flexibility index (Phi) is 4.21. The van der Waals surface area contributed by atoms with Gasteiger partial charge in [0.15, 0.2) is 11.5 Å². The molecule has 1 heterocycles. The smallest absolute Gasteiger partial charge is 0.154 e. The van der Waals surface area contributed by atoms with E-state index in [1.54, 1.807) is 0 Å². The largest absolute Gasteiger partial charge is 0.304 e. The molecule has 2 fully saturated rings. The monoisotopic (exact) mass is 558 g/mol. The van der Waals surface area contributed by atoms with Crippen molar-refractivity contribution >= 4 is 33.1 Å². The zero-order valence-electron chi connectivity index (χ0n) is 16.2. The summed E-state index contributed by atoms with van der Waals surface area (Å²) in [5.41, 5.74) is 3.25. The number of fused-ring (bicyclic) bond motifs is 7. The molecular weight excluding hydrogens is 537 g/mol. The second-order valence-corrected chi connectivity index (χ2v) is 8.82. The van der Waals surface area contributed by atoms with Gasteiger partial charge in [0.1, 0.15) is 0 Å². The first kappa shape index (κ1) is 18.9. The Bertz CT molecular complexity index is 1210. The molecule has 2 aromatic carbocycles. The van der Waals surface area contributed by atoms with Crippen LogP contribution in [0.15, 0.2) is 30.5 Å². The average molecular weight is 558 g/mol. The van der Waals surface area contributed by atoms with E-state index in [1.165, 1.54) is 11.1 Å². The van der Waals surface area contributed by atoms with Gasteiger partial charge in [-0.15, -0.1) is 35.0 Å². The number of nitrogens with zero attached hydrogens (tertiary/aromatic N) is 2. The van der Waals surface area contributed by atoms with E-state index in [-0.39, 0.29) is 30.9 Å². The molecule has 3 aliphatic carbocycles. The van der Waals surface area contributed by atoms with Gasteiger partial charge in [-0.2, -0.15) is 0 Å². The van der Waals surface area contributed by atoms with Crippen LogP contribution in [0.5, 0.6) is 0 Å². The zero-order chi connectivity index (χ0) is 18.9.